The Balaban J connectivity index is 2.06. The molecule has 0 aliphatic heterocycles. The first kappa shape index (κ1) is 14.0. The second-order valence-electron chi connectivity index (χ2n) is 5.23. The summed E-state index contributed by atoms with van der Waals surface area (Å²) in [5, 5.41) is 10.1. The van der Waals surface area contributed by atoms with E-state index >= 15 is 0 Å². The molecular formula is C15H22N2O2. The minimum Gasteiger partial charge on any atom is -0.393 e. The average Bonchev–Trinajstić information content (AvgIpc) is 2.67. The monoisotopic (exact) mass is 262 g/mol. The largest absolute Gasteiger partial charge is 0.393 e. The molecule has 4 nitrogen and oxygen atoms in total. The van der Waals surface area contributed by atoms with Crippen molar-refractivity contribution in [3.8, 4) is 0 Å². The number of hydrogen-bond acceptors (Lipinski definition) is 3. The van der Waals surface area contributed by atoms with E-state index in [1.807, 2.05) is 31.3 Å². The van der Waals surface area contributed by atoms with Gasteiger partial charge in [-0.05, 0) is 24.5 Å². The molecular weight excluding hydrogens is 240 g/mol. The van der Waals surface area contributed by atoms with Crippen LogP contribution in [-0.4, -0.2) is 34.5 Å². The first-order valence-corrected chi connectivity index (χ1v) is 6.69. The molecule has 2 unspecified atom stereocenters. The molecule has 0 radical (unpaired) electrons. The molecule has 0 aliphatic carbocycles. The summed E-state index contributed by atoms with van der Waals surface area (Å²) in [5.41, 5.74) is 2.09. The van der Waals surface area contributed by atoms with Gasteiger partial charge in [-0.2, -0.15) is 0 Å². The molecule has 1 aromatic heterocycles. The number of fused-ring (bicyclic) bond motifs is 1. The van der Waals surface area contributed by atoms with Gasteiger partial charge in [0.1, 0.15) is 5.82 Å². The molecule has 2 rings (SSSR count). The van der Waals surface area contributed by atoms with Crippen LogP contribution >= 0.6 is 0 Å². The summed E-state index contributed by atoms with van der Waals surface area (Å²) in [7, 11) is 3.68. The van der Waals surface area contributed by atoms with Crippen molar-refractivity contribution in [3.63, 3.8) is 0 Å². The maximum absolute atomic E-state index is 10.1. The molecule has 1 heterocycles. The van der Waals surface area contributed by atoms with Gasteiger partial charge in [-0.15, -0.1) is 0 Å². The van der Waals surface area contributed by atoms with Crippen LogP contribution in [0.2, 0.25) is 0 Å². The second kappa shape index (κ2) is 6.17. The summed E-state index contributed by atoms with van der Waals surface area (Å²) < 4.78 is 7.15. The summed E-state index contributed by atoms with van der Waals surface area (Å²) >= 11 is 0. The molecule has 0 fully saturated rings. The third kappa shape index (κ3) is 3.33. The molecule has 0 amide bonds. The number of aromatic nitrogens is 2. The zero-order chi connectivity index (χ0) is 13.8. The van der Waals surface area contributed by atoms with E-state index < -0.39 is 0 Å². The van der Waals surface area contributed by atoms with Gasteiger partial charge in [-0.3, -0.25) is 0 Å². The van der Waals surface area contributed by atoms with Crippen LogP contribution in [0.15, 0.2) is 24.3 Å². The maximum atomic E-state index is 10.1. The van der Waals surface area contributed by atoms with E-state index in [9.17, 15) is 5.11 Å². The summed E-state index contributed by atoms with van der Waals surface area (Å²) in [6.07, 6.45) is 0.941. The van der Waals surface area contributed by atoms with Crippen LogP contribution in [0.5, 0.6) is 0 Å². The maximum Gasteiger partial charge on any atom is 0.112 e. The van der Waals surface area contributed by atoms with Crippen LogP contribution in [0.1, 0.15) is 19.2 Å². The Kier molecular flexibility index (Phi) is 4.56. The zero-order valence-electron chi connectivity index (χ0n) is 11.8. The van der Waals surface area contributed by atoms with Gasteiger partial charge in [0.25, 0.3) is 0 Å². The number of rotatable bonds is 6. The van der Waals surface area contributed by atoms with Gasteiger partial charge in [-0.1, -0.05) is 19.1 Å². The van der Waals surface area contributed by atoms with E-state index in [-0.39, 0.29) is 6.10 Å². The third-order valence-electron chi connectivity index (χ3n) is 3.42. The summed E-state index contributed by atoms with van der Waals surface area (Å²) in [6, 6.07) is 8.03. The van der Waals surface area contributed by atoms with Crippen LogP contribution in [-0.2, 0) is 18.2 Å². The van der Waals surface area contributed by atoms with Crippen molar-refractivity contribution < 1.29 is 9.84 Å². The van der Waals surface area contributed by atoms with E-state index in [4.69, 9.17) is 4.74 Å². The number of nitrogens with zero attached hydrogens (tertiary/aromatic N) is 2. The van der Waals surface area contributed by atoms with Gasteiger partial charge in [0, 0.05) is 27.2 Å². The number of methoxy groups -OCH3 is 1. The Morgan fingerprint density at radius 1 is 1.37 bits per heavy atom. The summed E-state index contributed by atoms with van der Waals surface area (Å²) in [6.45, 7) is 2.77. The smallest absolute Gasteiger partial charge is 0.112 e. The number of aliphatic hydroxyl groups excluding tert-OH is 1. The van der Waals surface area contributed by atoms with Crippen LogP contribution in [0.25, 0.3) is 11.0 Å². The quantitative estimate of drug-likeness (QED) is 0.867. The number of aryl methyl sites for hydroxylation is 1. The lowest BCUT2D eigenvalue weighted by Gasteiger charge is -2.15. The van der Waals surface area contributed by atoms with Gasteiger partial charge >= 0.3 is 0 Å². The number of imidazole rings is 1. The van der Waals surface area contributed by atoms with E-state index in [0.29, 0.717) is 18.9 Å². The summed E-state index contributed by atoms with van der Waals surface area (Å²) in [5.74, 6) is 1.29. The predicted octanol–water partition coefficient (Wildman–Crippen LogP) is 2.15. The van der Waals surface area contributed by atoms with Crippen LogP contribution in [0.4, 0.5) is 0 Å². The van der Waals surface area contributed by atoms with E-state index in [1.54, 1.807) is 7.11 Å². The fraction of sp³-hybridized carbons (Fsp3) is 0.533. The number of para-hydroxylation sites is 2. The van der Waals surface area contributed by atoms with Gasteiger partial charge in [0.05, 0.1) is 17.1 Å². The molecule has 2 atom stereocenters. The highest BCUT2D eigenvalue weighted by Gasteiger charge is 2.15. The van der Waals surface area contributed by atoms with Crippen LogP contribution < -0.4 is 0 Å². The van der Waals surface area contributed by atoms with Crippen molar-refractivity contribution in [3.05, 3.63) is 30.1 Å². The van der Waals surface area contributed by atoms with Crippen molar-refractivity contribution in [1.29, 1.82) is 0 Å². The fourth-order valence-corrected chi connectivity index (χ4v) is 2.49. The molecule has 0 spiro atoms. The van der Waals surface area contributed by atoms with Crippen molar-refractivity contribution in [2.75, 3.05) is 13.7 Å². The molecule has 0 saturated carbocycles. The second-order valence-corrected chi connectivity index (χ2v) is 5.23. The average molecular weight is 262 g/mol. The van der Waals surface area contributed by atoms with E-state index in [2.05, 4.69) is 16.5 Å². The molecule has 4 heteroatoms. The Bertz CT molecular complexity index is 536. The molecule has 19 heavy (non-hydrogen) atoms. The molecule has 0 aliphatic rings. The predicted molar refractivity (Wildman–Crippen MR) is 76.1 cm³/mol. The molecule has 104 valence electrons. The van der Waals surface area contributed by atoms with Crippen molar-refractivity contribution in [2.24, 2.45) is 13.0 Å². The Morgan fingerprint density at radius 2 is 2.11 bits per heavy atom. The lowest BCUT2D eigenvalue weighted by atomic mass is 10.0. The minimum atomic E-state index is -0.374. The third-order valence-corrected chi connectivity index (χ3v) is 3.42. The standard InChI is InChI=1S/C15H22N2O2/c1-11(10-19-3)8-12(18)9-15-16-13-6-4-5-7-14(13)17(15)2/h4-7,11-12,18H,8-10H2,1-3H3. The first-order valence-electron chi connectivity index (χ1n) is 6.69. The molecule has 0 bridgehead atoms. The lowest BCUT2D eigenvalue weighted by molar-refractivity contribution is 0.100. The van der Waals surface area contributed by atoms with Gasteiger partial charge in [0.15, 0.2) is 0 Å². The zero-order valence-corrected chi connectivity index (χ0v) is 11.8. The van der Waals surface area contributed by atoms with Gasteiger partial charge in [0.2, 0.25) is 0 Å². The highest BCUT2D eigenvalue weighted by molar-refractivity contribution is 5.75. The fourth-order valence-electron chi connectivity index (χ4n) is 2.49. The van der Waals surface area contributed by atoms with Crippen molar-refractivity contribution >= 4 is 11.0 Å². The topological polar surface area (TPSA) is 47.3 Å². The number of hydrogen-bond donors (Lipinski definition) is 1. The summed E-state index contributed by atoms with van der Waals surface area (Å²) in [4.78, 5) is 4.58. The number of benzene rings is 1. The van der Waals surface area contributed by atoms with Crippen LogP contribution in [0.3, 0.4) is 0 Å². The van der Waals surface area contributed by atoms with Gasteiger partial charge < -0.3 is 14.4 Å². The SMILES string of the molecule is COCC(C)CC(O)Cc1nc2ccccc2n1C. The highest BCUT2D eigenvalue weighted by Crippen LogP contribution is 2.17. The minimum absolute atomic E-state index is 0.356. The van der Waals surface area contributed by atoms with Crippen molar-refractivity contribution in [1.82, 2.24) is 9.55 Å². The normalized spacial score (nSPS) is 14.7. The lowest BCUT2D eigenvalue weighted by Crippen LogP contribution is -2.19. The van der Waals surface area contributed by atoms with Gasteiger partial charge in [-0.25, -0.2) is 4.98 Å². The van der Waals surface area contributed by atoms with Crippen LogP contribution in [0, 0.1) is 5.92 Å². The Labute approximate surface area is 114 Å². The van der Waals surface area contributed by atoms with E-state index in [0.717, 1.165) is 23.3 Å². The highest BCUT2D eigenvalue weighted by atomic mass is 16.5. The number of ether oxygens (including phenoxy) is 1. The van der Waals surface area contributed by atoms with Crippen molar-refractivity contribution in [2.45, 2.75) is 25.9 Å². The first-order chi connectivity index (χ1) is 9.11. The molecule has 1 aromatic carbocycles. The molecule has 0 saturated heterocycles. The number of aliphatic hydroxyl groups is 1. The Morgan fingerprint density at radius 3 is 2.79 bits per heavy atom. The Hall–Kier alpha value is -1.39. The van der Waals surface area contributed by atoms with E-state index in [1.165, 1.54) is 0 Å². The molecule has 2 aromatic rings. The molecule has 1 N–H and O–H groups in total.